The molecule has 106 valence electrons. The van der Waals surface area contributed by atoms with Crippen LogP contribution in [0.25, 0.3) is 0 Å². The first kappa shape index (κ1) is 13.4. The summed E-state index contributed by atoms with van der Waals surface area (Å²) in [4.78, 5) is 0. The molecule has 3 atom stereocenters. The normalized spacial score (nSPS) is 26.1. The summed E-state index contributed by atoms with van der Waals surface area (Å²) < 4.78 is 1.17. The second-order valence-electron chi connectivity index (χ2n) is 5.73. The van der Waals surface area contributed by atoms with Crippen molar-refractivity contribution < 1.29 is 0 Å². The second-order valence-corrected chi connectivity index (χ2v) is 7.02. The van der Waals surface area contributed by atoms with Crippen molar-refractivity contribution in [2.45, 2.75) is 18.4 Å². The summed E-state index contributed by atoms with van der Waals surface area (Å²) in [6.07, 6.45) is 5.75. The summed E-state index contributed by atoms with van der Waals surface area (Å²) in [5, 5.41) is 4.54. The van der Waals surface area contributed by atoms with Crippen molar-refractivity contribution in [3.63, 3.8) is 0 Å². The average Bonchev–Trinajstić information content (AvgIpc) is 2.97. The topological polar surface area (TPSA) is 12.0 Å². The van der Waals surface area contributed by atoms with E-state index >= 15 is 0 Å². The van der Waals surface area contributed by atoms with Crippen LogP contribution in [0.4, 0.5) is 5.69 Å². The van der Waals surface area contributed by atoms with Crippen LogP contribution in [0.1, 0.15) is 29.5 Å². The molecule has 1 heterocycles. The van der Waals surface area contributed by atoms with Crippen LogP contribution in [0.2, 0.25) is 5.02 Å². The molecule has 0 saturated heterocycles. The molecule has 4 rings (SSSR count). The zero-order chi connectivity index (χ0) is 14.4. The van der Waals surface area contributed by atoms with E-state index < -0.39 is 0 Å². The lowest BCUT2D eigenvalue weighted by molar-refractivity contribution is 0.424. The van der Waals surface area contributed by atoms with Gasteiger partial charge in [-0.3, -0.25) is 0 Å². The monoisotopic (exact) mass is 359 g/mol. The smallest absolute Gasteiger partial charge is 0.0565 e. The first-order valence-electron chi connectivity index (χ1n) is 7.21. The summed E-state index contributed by atoms with van der Waals surface area (Å²) in [5.41, 5.74) is 3.86. The van der Waals surface area contributed by atoms with E-state index in [2.05, 4.69) is 69.8 Å². The number of hydrogen-bond donors (Lipinski definition) is 1. The average molecular weight is 361 g/mol. The highest BCUT2D eigenvalue weighted by atomic mass is 79.9. The fourth-order valence-electron chi connectivity index (χ4n) is 3.60. The Balaban J connectivity index is 1.82. The maximum Gasteiger partial charge on any atom is 0.0565 e. The molecule has 2 aromatic carbocycles. The van der Waals surface area contributed by atoms with Crippen molar-refractivity contribution >= 4 is 33.2 Å². The molecule has 0 amide bonds. The first-order chi connectivity index (χ1) is 10.2. The van der Waals surface area contributed by atoms with Gasteiger partial charge in [0.05, 0.1) is 6.04 Å². The molecule has 1 aliphatic heterocycles. The van der Waals surface area contributed by atoms with Crippen LogP contribution in [0.3, 0.4) is 0 Å². The molecular weight excluding hydrogens is 346 g/mol. The summed E-state index contributed by atoms with van der Waals surface area (Å²) in [6.45, 7) is 0. The molecular formula is C18H15BrClN. The minimum Gasteiger partial charge on any atom is -0.378 e. The van der Waals surface area contributed by atoms with Crippen molar-refractivity contribution in [2.75, 3.05) is 5.32 Å². The molecule has 1 aliphatic carbocycles. The molecule has 0 fully saturated rings. The van der Waals surface area contributed by atoms with Gasteiger partial charge in [-0.2, -0.15) is 0 Å². The molecule has 1 nitrogen and oxygen atoms in total. The van der Waals surface area contributed by atoms with E-state index in [1.807, 2.05) is 6.07 Å². The van der Waals surface area contributed by atoms with E-state index in [1.165, 1.54) is 21.3 Å². The molecule has 21 heavy (non-hydrogen) atoms. The van der Waals surface area contributed by atoms with Crippen molar-refractivity contribution in [3.05, 3.63) is 75.2 Å². The Kier molecular flexibility index (Phi) is 3.31. The van der Waals surface area contributed by atoms with Gasteiger partial charge in [-0.15, -0.1) is 0 Å². The van der Waals surface area contributed by atoms with Gasteiger partial charge >= 0.3 is 0 Å². The number of nitrogens with one attached hydrogen (secondary N) is 1. The van der Waals surface area contributed by atoms with Gasteiger partial charge in [-0.1, -0.05) is 57.9 Å². The van der Waals surface area contributed by atoms with Crippen LogP contribution >= 0.6 is 27.5 Å². The van der Waals surface area contributed by atoms with Gasteiger partial charge in [-0.25, -0.2) is 0 Å². The maximum absolute atomic E-state index is 6.19. The van der Waals surface area contributed by atoms with Crippen LogP contribution < -0.4 is 5.32 Å². The number of benzene rings is 2. The lowest BCUT2D eigenvalue weighted by Gasteiger charge is -2.38. The van der Waals surface area contributed by atoms with Gasteiger partial charge in [0.15, 0.2) is 0 Å². The van der Waals surface area contributed by atoms with E-state index in [0.29, 0.717) is 17.9 Å². The molecule has 0 spiro atoms. The van der Waals surface area contributed by atoms with Gasteiger partial charge < -0.3 is 5.32 Å². The highest BCUT2D eigenvalue weighted by molar-refractivity contribution is 9.10. The molecule has 0 aromatic heterocycles. The van der Waals surface area contributed by atoms with E-state index in [9.17, 15) is 0 Å². The standard InChI is InChI=1S/C18H15BrClN/c19-16-7-2-1-4-14(16)18-13-6-3-5-12(13)15-10-11(20)8-9-17(15)21-18/h1-5,7-10,12-13,18,21H,6H2/t12-,13+,18-/m1/s1. The number of rotatable bonds is 1. The Morgan fingerprint density at radius 3 is 2.81 bits per heavy atom. The van der Waals surface area contributed by atoms with Gasteiger partial charge in [-0.05, 0) is 47.7 Å². The Morgan fingerprint density at radius 1 is 1.10 bits per heavy atom. The zero-order valence-corrected chi connectivity index (χ0v) is 13.7. The molecule has 2 aromatic rings. The van der Waals surface area contributed by atoms with Crippen LogP contribution in [-0.2, 0) is 0 Å². The molecule has 3 heteroatoms. The summed E-state index contributed by atoms with van der Waals surface area (Å²) in [7, 11) is 0. The zero-order valence-electron chi connectivity index (χ0n) is 11.4. The predicted octanol–water partition coefficient (Wildman–Crippen LogP) is 5.93. The largest absolute Gasteiger partial charge is 0.378 e. The highest BCUT2D eigenvalue weighted by Gasteiger charge is 2.38. The maximum atomic E-state index is 6.19. The minimum absolute atomic E-state index is 0.328. The number of anilines is 1. The lowest BCUT2D eigenvalue weighted by atomic mass is 9.77. The quantitative estimate of drug-likeness (QED) is 0.622. The fraction of sp³-hybridized carbons (Fsp3) is 0.222. The van der Waals surface area contributed by atoms with Crippen LogP contribution in [-0.4, -0.2) is 0 Å². The van der Waals surface area contributed by atoms with Crippen molar-refractivity contribution in [1.29, 1.82) is 0 Å². The third-order valence-corrected chi connectivity index (χ3v) is 5.52. The van der Waals surface area contributed by atoms with Crippen LogP contribution in [0.15, 0.2) is 59.1 Å². The summed E-state index contributed by atoms with van der Waals surface area (Å²) in [5.74, 6) is 1.01. The molecule has 0 unspecified atom stereocenters. The number of halogens is 2. The van der Waals surface area contributed by atoms with E-state index in [0.717, 1.165) is 11.4 Å². The third kappa shape index (κ3) is 2.21. The van der Waals surface area contributed by atoms with Gasteiger partial charge in [0, 0.05) is 21.1 Å². The molecule has 1 N–H and O–H groups in total. The van der Waals surface area contributed by atoms with Crippen molar-refractivity contribution in [1.82, 2.24) is 0 Å². The molecule has 0 bridgehead atoms. The van der Waals surface area contributed by atoms with E-state index in [1.54, 1.807) is 0 Å². The number of allylic oxidation sites excluding steroid dienone is 2. The lowest BCUT2D eigenvalue weighted by Crippen LogP contribution is -2.29. The van der Waals surface area contributed by atoms with Gasteiger partial charge in [0.25, 0.3) is 0 Å². The number of hydrogen-bond acceptors (Lipinski definition) is 1. The SMILES string of the molecule is Clc1ccc2c(c1)[C@@H]1C=CC[C@@H]1[C@H](c1ccccc1Br)N2. The third-order valence-electron chi connectivity index (χ3n) is 4.57. The fourth-order valence-corrected chi connectivity index (χ4v) is 4.31. The first-order valence-corrected chi connectivity index (χ1v) is 8.38. The molecule has 2 aliphatic rings. The second kappa shape index (κ2) is 5.19. The number of fused-ring (bicyclic) bond motifs is 3. The Labute approximate surface area is 138 Å². The Morgan fingerprint density at radius 2 is 1.95 bits per heavy atom. The van der Waals surface area contributed by atoms with Crippen LogP contribution in [0.5, 0.6) is 0 Å². The van der Waals surface area contributed by atoms with Crippen LogP contribution in [0, 0.1) is 5.92 Å². The summed E-state index contributed by atoms with van der Waals surface area (Å²) >= 11 is 9.89. The Bertz CT molecular complexity index is 725. The Hall–Kier alpha value is -1.25. The van der Waals surface area contributed by atoms with Crippen molar-refractivity contribution in [2.24, 2.45) is 5.92 Å². The molecule has 0 saturated carbocycles. The highest BCUT2D eigenvalue weighted by Crippen LogP contribution is 2.51. The van der Waals surface area contributed by atoms with Gasteiger partial charge in [0.2, 0.25) is 0 Å². The minimum atomic E-state index is 0.328. The van der Waals surface area contributed by atoms with E-state index in [4.69, 9.17) is 11.6 Å². The predicted molar refractivity (Wildman–Crippen MR) is 91.9 cm³/mol. The van der Waals surface area contributed by atoms with Crippen molar-refractivity contribution in [3.8, 4) is 0 Å². The van der Waals surface area contributed by atoms with Gasteiger partial charge in [0.1, 0.15) is 0 Å². The molecule has 0 radical (unpaired) electrons. The summed E-state index contributed by atoms with van der Waals surface area (Å²) in [6, 6.07) is 15.0. The van der Waals surface area contributed by atoms with E-state index in [-0.39, 0.29) is 0 Å².